The maximum Gasteiger partial charge on any atom is 0.297 e. The number of carbonyl (C=O) groups excluding carboxylic acids is 1. The van der Waals surface area contributed by atoms with Crippen LogP contribution in [0.3, 0.4) is 0 Å². The molecule has 0 radical (unpaired) electrons. The number of hydrogen-bond acceptors (Lipinski definition) is 5. The van der Waals surface area contributed by atoms with Gasteiger partial charge in [-0.1, -0.05) is 60.7 Å². The van der Waals surface area contributed by atoms with E-state index in [2.05, 4.69) is 10.4 Å². The van der Waals surface area contributed by atoms with Crippen molar-refractivity contribution in [1.82, 2.24) is 15.0 Å². The van der Waals surface area contributed by atoms with Crippen LogP contribution < -0.4 is 16.0 Å². The number of nitrogens with zero attached hydrogens (tertiary/aromatic N) is 3. The molecule has 0 bridgehead atoms. The highest BCUT2D eigenvalue weighted by Crippen LogP contribution is 2.24. The second-order valence-electron chi connectivity index (χ2n) is 7.40. The van der Waals surface area contributed by atoms with Gasteiger partial charge in [0.2, 0.25) is 5.58 Å². The van der Waals surface area contributed by atoms with Gasteiger partial charge in [0.05, 0.1) is 18.6 Å². The van der Waals surface area contributed by atoms with Crippen LogP contribution in [0.4, 0.5) is 5.69 Å². The zero-order chi connectivity index (χ0) is 21.9. The van der Waals surface area contributed by atoms with E-state index >= 15 is 0 Å². The summed E-state index contributed by atoms with van der Waals surface area (Å²) in [4.78, 5) is 30.2. The Morgan fingerprint density at radius 2 is 1.62 bits per heavy atom. The molecule has 0 aliphatic heterocycles. The molecule has 1 amide bonds. The molecule has 1 N–H and O–H groups in total. The number of furan rings is 1. The molecular formula is C25H20N4O3. The van der Waals surface area contributed by atoms with Gasteiger partial charge in [0, 0.05) is 5.39 Å². The topological polar surface area (TPSA) is 80.4 Å². The van der Waals surface area contributed by atoms with Crippen molar-refractivity contribution >= 4 is 33.7 Å². The van der Waals surface area contributed by atoms with Crippen molar-refractivity contribution in [2.24, 2.45) is 0 Å². The molecule has 0 atom stereocenters. The minimum atomic E-state index is -0.393. The van der Waals surface area contributed by atoms with Gasteiger partial charge in [-0.15, -0.1) is 0 Å². The number of para-hydroxylation sites is 2. The first-order chi connectivity index (χ1) is 15.7. The van der Waals surface area contributed by atoms with E-state index in [1.807, 2.05) is 78.9 Å². The highest BCUT2D eigenvalue weighted by atomic mass is 16.3. The van der Waals surface area contributed by atoms with Crippen LogP contribution in [-0.2, 0) is 17.9 Å². The molecule has 158 valence electrons. The van der Waals surface area contributed by atoms with E-state index in [9.17, 15) is 9.59 Å². The first-order valence-electron chi connectivity index (χ1n) is 10.2. The van der Waals surface area contributed by atoms with E-state index in [4.69, 9.17) is 4.42 Å². The molecule has 0 saturated heterocycles. The number of carbonyl (C=O) groups is 1. The Morgan fingerprint density at radius 1 is 0.938 bits per heavy atom. The third-order valence-electron chi connectivity index (χ3n) is 5.18. The Bertz CT molecular complexity index is 1440. The largest absolute Gasteiger partial charge is 0.448 e. The first kappa shape index (κ1) is 19.6. The van der Waals surface area contributed by atoms with Crippen LogP contribution in [0.2, 0.25) is 0 Å². The van der Waals surface area contributed by atoms with Crippen molar-refractivity contribution in [3.63, 3.8) is 0 Å². The fourth-order valence-electron chi connectivity index (χ4n) is 3.64. The average Bonchev–Trinajstić information content (AvgIpc) is 3.21. The summed E-state index contributed by atoms with van der Waals surface area (Å²) in [5, 5.41) is 2.53. The van der Waals surface area contributed by atoms with Crippen LogP contribution in [-0.4, -0.2) is 15.5 Å². The lowest BCUT2D eigenvalue weighted by atomic mass is 10.2. The smallest absolute Gasteiger partial charge is 0.297 e. The van der Waals surface area contributed by atoms with Gasteiger partial charge in [-0.2, -0.15) is 0 Å². The molecule has 0 aliphatic carbocycles. The van der Waals surface area contributed by atoms with Gasteiger partial charge >= 0.3 is 0 Å². The van der Waals surface area contributed by atoms with E-state index in [0.29, 0.717) is 17.6 Å². The number of nitrogens with one attached hydrogen (secondary N) is 1. The predicted octanol–water partition coefficient (Wildman–Crippen LogP) is 3.88. The third kappa shape index (κ3) is 3.83. The standard InChI is InChI=1S/C25H20N4O3/c30-22(27-29(19-11-5-2-6-12-19)15-18-9-3-1-4-10-18)16-28-17-26-23-20-13-7-8-14-21(20)32-24(23)25(28)31/h1-14,17H,15-16H2,(H,27,30). The summed E-state index contributed by atoms with van der Waals surface area (Å²) in [6.07, 6.45) is 1.39. The average molecular weight is 424 g/mol. The molecule has 0 unspecified atom stereocenters. The second kappa shape index (κ2) is 8.39. The van der Waals surface area contributed by atoms with Crippen LogP contribution in [0.1, 0.15) is 5.56 Å². The molecule has 7 heteroatoms. The molecule has 7 nitrogen and oxygen atoms in total. The Labute approximate surface area is 183 Å². The van der Waals surface area contributed by atoms with Crippen LogP contribution in [0, 0.1) is 0 Å². The van der Waals surface area contributed by atoms with Crippen molar-refractivity contribution in [2.45, 2.75) is 13.1 Å². The Morgan fingerprint density at radius 3 is 2.41 bits per heavy atom. The quantitative estimate of drug-likeness (QED) is 0.419. The van der Waals surface area contributed by atoms with E-state index < -0.39 is 5.56 Å². The summed E-state index contributed by atoms with van der Waals surface area (Å²) >= 11 is 0. The van der Waals surface area contributed by atoms with Gasteiger partial charge < -0.3 is 4.42 Å². The molecule has 0 saturated carbocycles. The molecule has 2 heterocycles. The predicted molar refractivity (Wildman–Crippen MR) is 123 cm³/mol. The summed E-state index contributed by atoms with van der Waals surface area (Å²) < 4.78 is 6.95. The normalized spacial score (nSPS) is 11.0. The molecule has 2 aromatic heterocycles. The summed E-state index contributed by atoms with van der Waals surface area (Å²) in [6.45, 7) is 0.295. The van der Waals surface area contributed by atoms with Gasteiger partial charge in [0.25, 0.3) is 11.5 Å². The molecule has 5 aromatic rings. The highest BCUT2D eigenvalue weighted by molar-refractivity contribution is 6.01. The number of rotatable bonds is 6. The van der Waals surface area contributed by atoms with Gasteiger partial charge in [0.15, 0.2) is 0 Å². The number of amides is 1. The Kier molecular flexibility index (Phi) is 5.13. The van der Waals surface area contributed by atoms with Crippen LogP contribution in [0.25, 0.3) is 22.1 Å². The monoisotopic (exact) mass is 424 g/mol. The van der Waals surface area contributed by atoms with Crippen molar-refractivity contribution in [3.05, 3.63) is 107 Å². The number of fused-ring (bicyclic) bond motifs is 3. The number of anilines is 1. The van der Waals surface area contributed by atoms with Crippen molar-refractivity contribution in [1.29, 1.82) is 0 Å². The molecule has 5 rings (SSSR count). The second-order valence-corrected chi connectivity index (χ2v) is 7.40. The summed E-state index contributed by atoms with van der Waals surface area (Å²) in [7, 11) is 0. The molecule has 3 aromatic carbocycles. The lowest BCUT2D eigenvalue weighted by Crippen LogP contribution is -2.44. The number of aromatic nitrogens is 2. The van der Waals surface area contributed by atoms with E-state index in [0.717, 1.165) is 16.6 Å². The minimum absolute atomic E-state index is 0.144. The summed E-state index contributed by atoms with van der Waals surface area (Å²) in [5.74, 6) is -0.343. The zero-order valence-corrected chi connectivity index (χ0v) is 17.1. The molecule has 0 fully saturated rings. The summed E-state index contributed by atoms with van der Waals surface area (Å²) in [5.41, 5.74) is 5.62. The molecule has 0 spiro atoms. The SMILES string of the molecule is O=C(Cn1cnc2c(oc3ccccc32)c1=O)NN(Cc1ccccc1)c1ccccc1. The van der Waals surface area contributed by atoms with Gasteiger partial charge in [-0.25, -0.2) is 4.98 Å². The van der Waals surface area contributed by atoms with Gasteiger partial charge in [-0.3, -0.25) is 24.6 Å². The Balaban J connectivity index is 1.40. The lowest BCUT2D eigenvalue weighted by Gasteiger charge is -2.25. The van der Waals surface area contributed by atoms with Crippen molar-refractivity contribution in [2.75, 3.05) is 5.01 Å². The van der Waals surface area contributed by atoms with Crippen LogP contribution >= 0.6 is 0 Å². The van der Waals surface area contributed by atoms with Crippen LogP contribution in [0.15, 0.2) is 100 Å². The van der Waals surface area contributed by atoms with E-state index in [-0.39, 0.29) is 18.0 Å². The zero-order valence-electron chi connectivity index (χ0n) is 17.1. The third-order valence-corrected chi connectivity index (χ3v) is 5.18. The van der Waals surface area contributed by atoms with E-state index in [1.165, 1.54) is 10.9 Å². The fraction of sp³-hybridized carbons (Fsp3) is 0.0800. The molecule has 0 aliphatic rings. The lowest BCUT2D eigenvalue weighted by molar-refractivity contribution is -0.121. The molecular weight excluding hydrogens is 404 g/mol. The first-order valence-corrected chi connectivity index (χ1v) is 10.2. The van der Waals surface area contributed by atoms with E-state index in [1.54, 1.807) is 11.1 Å². The minimum Gasteiger partial charge on any atom is -0.448 e. The number of hydrazine groups is 1. The summed E-state index contributed by atoms with van der Waals surface area (Å²) in [6, 6.07) is 26.7. The van der Waals surface area contributed by atoms with Crippen molar-refractivity contribution < 1.29 is 9.21 Å². The van der Waals surface area contributed by atoms with Gasteiger partial charge in [-0.05, 0) is 29.8 Å². The maximum atomic E-state index is 12.9. The number of benzene rings is 3. The fourth-order valence-corrected chi connectivity index (χ4v) is 3.64. The highest BCUT2D eigenvalue weighted by Gasteiger charge is 2.16. The Hall–Kier alpha value is -4.39. The van der Waals surface area contributed by atoms with Crippen LogP contribution in [0.5, 0.6) is 0 Å². The molecule has 32 heavy (non-hydrogen) atoms. The maximum absolute atomic E-state index is 12.9. The number of hydrogen-bond donors (Lipinski definition) is 1. The van der Waals surface area contributed by atoms with Gasteiger partial charge in [0.1, 0.15) is 17.6 Å². The van der Waals surface area contributed by atoms with Crippen molar-refractivity contribution in [3.8, 4) is 0 Å².